The van der Waals surface area contributed by atoms with Crippen molar-refractivity contribution < 1.29 is 50.3 Å². The van der Waals surface area contributed by atoms with Gasteiger partial charge in [-0.15, -0.1) is 0 Å². The molecule has 0 bridgehead atoms. The summed E-state index contributed by atoms with van der Waals surface area (Å²) in [7, 11) is 0. The minimum Gasteiger partial charge on any atom is -0.396 e. The van der Waals surface area contributed by atoms with E-state index in [-0.39, 0.29) is 19.4 Å². The lowest BCUT2D eigenvalue weighted by Gasteiger charge is -2.39. The molecule has 0 spiro atoms. The van der Waals surface area contributed by atoms with Crippen LogP contribution in [0.1, 0.15) is 24.0 Å². The summed E-state index contributed by atoms with van der Waals surface area (Å²) < 4.78 is 11.0. The molecule has 2 aliphatic rings. The highest BCUT2D eigenvalue weighted by molar-refractivity contribution is 5.51. The summed E-state index contributed by atoms with van der Waals surface area (Å²) in [6, 6.07) is 7.07. The van der Waals surface area contributed by atoms with E-state index in [0.717, 1.165) is 5.56 Å². The second-order valence-electron chi connectivity index (χ2n) is 8.48. The summed E-state index contributed by atoms with van der Waals surface area (Å²) in [4.78, 5) is 0. The van der Waals surface area contributed by atoms with Gasteiger partial charge in [0, 0.05) is 12.2 Å². The maximum Gasteiger partial charge on any atom is 0.147 e. The highest BCUT2D eigenvalue weighted by atomic mass is 16.5. The van der Waals surface area contributed by atoms with Crippen LogP contribution < -0.4 is 0 Å². The zero-order valence-corrected chi connectivity index (χ0v) is 18.5. The summed E-state index contributed by atoms with van der Waals surface area (Å²) in [5.41, 5.74) is 1.45. The number of hydrogen-bond donors (Lipinski definition) is 8. The quantitative estimate of drug-likeness (QED) is 0.203. The standard InChI is InChI=1S/C24H32O10/c25-11-10-17-21(29)23(31)20(28)16(33-17)9-8-14-6-4-13(5-7-14)2-1-3-15-19(27)24(32)22(30)18(12-26)34-15/h1-2,4-7,15-32H,3,10-12H2/b2-1+/t15-,16-,17-,18-,19-,20-,21-,22-,23-,24-/m1/s1. The Morgan fingerprint density at radius 2 is 1.35 bits per heavy atom. The van der Waals surface area contributed by atoms with Gasteiger partial charge in [-0.25, -0.2) is 0 Å². The molecule has 0 aliphatic carbocycles. The van der Waals surface area contributed by atoms with Crippen molar-refractivity contribution in [1.29, 1.82) is 0 Å². The van der Waals surface area contributed by atoms with Crippen molar-refractivity contribution in [3.8, 4) is 11.8 Å². The van der Waals surface area contributed by atoms with E-state index in [4.69, 9.17) is 14.6 Å². The molecule has 10 heteroatoms. The first-order chi connectivity index (χ1) is 16.3. The molecule has 0 radical (unpaired) electrons. The van der Waals surface area contributed by atoms with E-state index >= 15 is 0 Å². The number of hydrogen-bond acceptors (Lipinski definition) is 10. The molecule has 0 aromatic heterocycles. The van der Waals surface area contributed by atoms with Crippen molar-refractivity contribution in [2.45, 2.75) is 73.9 Å². The van der Waals surface area contributed by atoms with Crippen LogP contribution in [0.4, 0.5) is 0 Å². The van der Waals surface area contributed by atoms with Crippen LogP contribution in [-0.2, 0) is 9.47 Å². The number of aliphatic hydroxyl groups excluding tert-OH is 8. The van der Waals surface area contributed by atoms with Crippen molar-refractivity contribution in [3.63, 3.8) is 0 Å². The van der Waals surface area contributed by atoms with Gasteiger partial charge >= 0.3 is 0 Å². The third-order valence-corrected chi connectivity index (χ3v) is 6.07. The van der Waals surface area contributed by atoms with E-state index in [1.54, 1.807) is 36.4 Å². The molecule has 2 saturated heterocycles. The SMILES string of the molecule is OCC[C@H]1O[C@H](C#Cc2ccc(/C=C/C[C@H]3O[C@H](CO)[C@@H](O)[C@H](O)[C@@H]3O)cc2)[C@@H](O)[C@@H](O)[C@@H]1O. The van der Waals surface area contributed by atoms with E-state index in [0.29, 0.717) is 5.56 Å². The van der Waals surface area contributed by atoms with Crippen LogP contribution in [0.25, 0.3) is 6.08 Å². The van der Waals surface area contributed by atoms with E-state index in [1.165, 1.54) is 0 Å². The summed E-state index contributed by atoms with van der Waals surface area (Å²) in [6.07, 6.45) is -7.89. The molecular formula is C24H32O10. The molecule has 2 aliphatic heterocycles. The Kier molecular flexibility index (Phi) is 9.58. The third-order valence-electron chi connectivity index (χ3n) is 6.07. The van der Waals surface area contributed by atoms with Gasteiger partial charge in [0.1, 0.15) is 48.8 Å². The molecule has 2 heterocycles. The fourth-order valence-corrected chi connectivity index (χ4v) is 3.98. The summed E-state index contributed by atoms with van der Waals surface area (Å²) in [6.45, 7) is -0.714. The number of rotatable bonds is 6. The molecule has 3 rings (SSSR count). The van der Waals surface area contributed by atoms with Gasteiger partial charge in [-0.05, 0) is 30.5 Å². The Bertz CT molecular complexity index is 861. The Hall–Kier alpha value is -1.88. The summed E-state index contributed by atoms with van der Waals surface area (Å²) in [5, 5.41) is 78.1. The zero-order valence-electron chi connectivity index (χ0n) is 18.5. The highest BCUT2D eigenvalue weighted by Crippen LogP contribution is 2.24. The minimum atomic E-state index is -1.43. The highest BCUT2D eigenvalue weighted by Gasteiger charge is 2.43. The first kappa shape index (κ1) is 26.7. The fraction of sp³-hybridized carbons (Fsp3) is 0.583. The zero-order chi connectivity index (χ0) is 24.8. The molecule has 0 unspecified atom stereocenters. The van der Waals surface area contributed by atoms with Crippen LogP contribution in [0.15, 0.2) is 30.3 Å². The molecule has 0 amide bonds. The number of aliphatic hydroxyl groups is 8. The molecule has 8 N–H and O–H groups in total. The second kappa shape index (κ2) is 12.2. The monoisotopic (exact) mass is 480 g/mol. The molecule has 10 nitrogen and oxygen atoms in total. The average Bonchev–Trinajstić information content (AvgIpc) is 2.84. The second-order valence-corrected chi connectivity index (χ2v) is 8.48. The maximum absolute atomic E-state index is 10.1. The van der Waals surface area contributed by atoms with Crippen LogP contribution in [0, 0.1) is 11.8 Å². The Labute approximate surface area is 197 Å². The lowest BCUT2D eigenvalue weighted by molar-refractivity contribution is -0.227. The minimum absolute atomic E-state index is 0.104. The molecule has 1 aromatic carbocycles. The van der Waals surface area contributed by atoms with Crippen LogP contribution in [0.5, 0.6) is 0 Å². The molecule has 1 aromatic rings. The van der Waals surface area contributed by atoms with Crippen molar-refractivity contribution in [3.05, 3.63) is 41.5 Å². The lowest BCUT2D eigenvalue weighted by atomic mass is 9.93. The van der Waals surface area contributed by atoms with Gasteiger partial charge < -0.3 is 50.3 Å². The Morgan fingerprint density at radius 1 is 0.735 bits per heavy atom. The molecule has 2 fully saturated rings. The van der Waals surface area contributed by atoms with E-state index in [1.807, 2.05) is 0 Å². The molecule has 10 atom stereocenters. The average molecular weight is 481 g/mol. The van der Waals surface area contributed by atoms with Crippen LogP contribution in [-0.4, -0.2) is 115 Å². The summed E-state index contributed by atoms with van der Waals surface area (Å²) in [5.74, 6) is 5.61. The van der Waals surface area contributed by atoms with Crippen molar-refractivity contribution >= 4 is 6.08 Å². The number of benzene rings is 1. The first-order valence-corrected chi connectivity index (χ1v) is 11.2. The van der Waals surface area contributed by atoms with Gasteiger partial charge in [-0.2, -0.15) is 0 Å². The van der Waals surface area contributed by atoms with Gasteiger partial charge in [0.25, 0.3) is 0 Å². The Morgan fingerprint density at radius 3 is 2.00 bits per heavy atom. The maximum atomic E-state index is 10.1. The van der Waals surface area contributed by atoms with Crippen molar-refractivity contribution in [2.75, 3.05) is 13.2 Å². The molecule has 34 heavy (non-hydrogen) atoms. The van der Waals surface area contributed by atoms with Gasteiger partial charge in [0.15, 0.2) is 0 Å². The first-order valence-electron chi connectivity index (χ1n) is 11.2. The normalized spacial score (nSPS) is 38.5. The number of ether oxygens (including phenoxy) is 2. The smallest absolute Gasteiger partial charge is 0.147 e. The van der Waals surface area contributed by atoms with Crippen LogP contribution >= 0.6 is 0 Å². The van der Waals surface area contributed by atoms with E-state index < -0.39 is 67.6 Å². The predicted octanol–water partition coefficient (Wildman–Crippen LogP) is -2.48. The lowest BCUT2D eigenvalue weighted by Crippen LogP contribution is -2.58. The van der Waals surface area contributed by atoms with Gasteiger partial charge in [0.2, 0.25) is 0 Å². The molecular weight excluding hydrogens is 448 g/mol. The topological polar surface area (TPSA) is 180 Å². The third kappa shape index (κ3) is 6.21. The van der Waals surface area contributed by atoms with Crippen molar-refractivity contribution in [1.82, 2.24) is 0 Å². The molecule has 188 valence electrons. The largest absolute Gasteiger partial charge is 0.396 e. The van der Waals surface area contributed by atoms with Crippen LogP contribution in [0.2, 0.25) is 0 Å². The van der Waals surface area contributed by atoms with E-state index in [9.17, 15) is 35.7 Å². The van der Waals surface area contributed by atoms with Gasteiger partial charge in [0.05, 0.1) is 18.8 Å². The van der Waals surface area contributed by atoms with E-state index in [2.05, 4.69) is 11.8 Å². The molecule has 0 saturated carbocycles. The summed E-state index contributed by atoms with van der Waals surface area (Å²) >= 11 is 0. The van der Waals surface area contributed by atoms with Crippen LogP contribution in [0.3, 0.4) is 0 Å². The predicted molar refractivity (Wildman–Crippen MR) is 119 cm³/mol. The fourth-order valence-electron chi connectivity index (χ4n) is 3.98. The Balaban J connectivity index is 1.58. The van der Waals surface area contributed by atoms with Crippen molar-refractivity contribution in [2.24, 2.45) is 0 Å². The van der Waals surface area contributed by atoms with Gasteiger partial charge in [-0.3, -0.25) is 0 Å². The van der Waals surface area contributed by atoms with Gasteiger partial charge in [-0.1, -0.05) is 36.1 Å².